The van der Waals surface area contributed by atoms with Gasteiger partial charge >= 0.3 is 12.0 Å². The van der Waals surface area contributed by atoms with Crippen molar-refractivity contribution in [3.8, 4) is 0 Å². The van der Waals surface area contributed by atoms with Crippen molar-refractivity contribution in [2.45, 2.75) is 29.5 Å². The number of primary amides is 1. The fourth-order valence-corrected chi connectivity index (χ4v) is 5.97. The number of aryl methyl sites for hydroxylation is 1. The number of carbonyl (C=O) groups excluding carboxylic acids is 3. The number of urea groups is 1. The van der Waals surface area contributed by atoms with Crippen LogP contribution in [0.5, 0.6) is 0 Å². The monoisotopic (exact) mass is 518 g/mol. The Bertz CT molecular complexity index is 1210. The predicted molar refractivity (Wildman–Crippen MR) is 128 cm³/mol. The first-order valence-corrected chi connectivity index (χ1v) is 12.3. The van der Waals surface area contributed by atoms with Crippen molar-refractivity contribution >= 4 is 53.0 Å². The number of aromatic amines is 1. The second-order valence-corrected chi connectivity index (χ2v) is 9.78. The summed E-state index contributed by atoms with van der Waals surface area (Å²) in [7, 11) is 0. The van der Waals surface area contributed by atoms with Crippen molar-refractivity contribution in [3.05, 3.63) is 46.9 Å². The summed E-state index contributed by atoms with van der Waals surface area (Å²) in [6, 6.07) is 3.53. The SMILES string of the molecule is Cc1nc(SCC2=C(C(=O)O)N3C(=O)C(NC(=O)C(N)c4ccc(NC(N)=O)cc4)[C@@H]3SC2)n[nH]1. The largest absolute Gasteiger partial charge is 0.477 e. The lowest BCUT2D eigenvalue weighted by atomic mass is 10.0. The predicted octanol–water partition coefficient (Wildman–Crippen LogP) is 0.134. The first-order valence-electron chi connectivity index (χ1n) is 10.3. The number of carboxylic acids is 1. The molecule has 1 fully saturated rings. The second kappa shape index (κ2) is 9.97. The summed E-state index contributed by atoms with van der Waals surface area (Å²) in [5.74, 6) is -0.981. The molecule has 4 rings (SSSR count). The third kappa shape index (κ3) is 5.11. The summed E-state index contributed by atoms with van der Waals surface area (Å²) >= 11 is 2.64. The zero-order chi connectivity index (χ0) is 25.3. The van der Waals surface area contributed by atoms with Crippen molar-refractivity contribution in [1.29, 1.82) is 0 Å². The van der Waals surface area contributed by atoms with E-state index in [1.165, 1.54) is 28.4 Å². The lowest BCUT2D eigenvalue weighted by Crippen LogP contribution is -2.71. The first kappa shape index (κ1) is 24.6. The number of thioether (sulfide) groups is 2. The summed E-state index contributed by atoms with van der Waals surface area (Å²) in [6.45, 7) is 1.76. The third-order valence-electron chi connectivity index (χ3n) is 5.32. The lowest BCUT2D eigenvalue weighted by molar-refractivity contribution is -0.150. The number of benzene rings is 1. The number of nitrogens with zero attached hydrogens (tertiary/aromatic N) is 3. The molecule has 2 unspecified atom stereocenters. The molecule has 1 saturated heterocycles. The standard InChI is InChI=1S/C20H22N8O5S2/c1-8-23-20(27-26-8)35-7-10-6-34-17-13(16(30)28(17)14(10)18(31)32)25-15(29)12(21)9-2-4-11(5-3-9)24-19(22)33/h2-5,12-13,17H,6-7,21H2,1H3,(H,25,29)(H,31,32)(H3,22,24,33)(H,23,26,27)/t12?,13?,17-/m0/s1. The Morgan fingerprint density at radius 2 is 2.06 bits per heavy atom. The number of hydrogen-bond donors (Lipinski definition) is 6. The lowest BCUT2D eigenvalue weighted by Gasteiger charge is -2.49. The van der Waals surface area contributed by atoms with Gasteiger partial charge in [0, 0.05) is 17.2 Å². The van der Waals surface area contributed by atoms with Gasteiger partial charge in [-0.1, -0.05) is 23.9 Å². The number of amides is 4. The molecule has 4 amide bonds. The molecule has 35 heavy (non-hydrogen) atoms. The van der Waals surface area contributed by atoms with Crippen molar-refractivity contribution in [2.75, 3.05) is 16.8 Å². The third-order valence-corrected chi connectivity index (χ3v) is 7.59. The van der Waals surface area contributed by atoms with E-state index in [0.717, 1.165) is 0 Å². The Hall–Kier alpha value is -3.56. The van der Waals surface area contributed by atoms with E-state index >= 15 is 0 Å². The maximum absolute atomic E-state index is 12.8. The van der Waals surface area contributed by atoms with Crippen LogP contribution in [0.1, 0.15) is 17.4 Å². The Balaban J connectivity index is 1.41. The van der Waals surface area contributed by atoms with E-state index in [2.05, 4.69) is 25.8 Å². The van der Waals surface area contributed by atoms with Crippen LogP contribution in [0.2, 0.25) is 0 Å². The topological polar surface area (TPSA) is 209 Å². The maximum Gasteiger partial charge on any atom is 0.352 e. The van der Waals surface area contributed by atoms with Crippen molar-refractivity contribution in [3.63, 3.8) is 0 Å². The highest BCUT2D eigenvalue weighted by molar-refractivity contribution is 8.01. The fraction of sp³-hybridized carbons (Fsp3) is 0.300. The maximum atomic E-state index is 12.8. The molecular weight excluding hydrogens is 496 g/mol. The molecule has 15 heteroatoms. The highest BCUT2D eigenvalue weighted by Gasteiger charge is 2.54. The summed E-state index contributed by atoms with van der Waals surface area (Å²) in [5.41, 5.74) is 12.5. The van der Waals surface area contributed by atoms with Crippen molar-refractivity contribution in [2.24, 2.45) is 11.5 Å². The van der Waals surface area contributed by atoms with E-state index < -0.39 is 41.3 Å². The van der Waals surface area contributed by atoms with Crippen LogP contribution in [0.15, 0.2) is 40.7 Å². The van der Waals surface area contributed by atoms with Crippen LogP contribution in [0.4, 0.5) is 10.5 Å². The van der Waals surface area contributed by atoms with Gasteiger partial charge in [0.2, 0.25) is 11.1 Å². The molecule has 1 aromatic heterocycles. The van der Waals surface area contributed by atoms with Crippen LogP contribution >= 0.6 is 23.5 Å². The van der Waals surface area contributed by atoms with E-state index in [1.807, 2.05) is 0 Å². The number of rotatable bonds is 8. The number of nitrogens with two attached hydrogens (primary N) is 2. The molecule has 3 heterocycles. The average Bonchev–Trinajstić information content (AvgIpc) is 3.24. The van der Waals surface area contributed by atoms with Gasteiger partial charge in [0.15, 0.2) is 0 Å². The molecule has 2 aliphatic rings. The molecule has 0 radical (unpaired) electrons. The molecular formula is C20H22N8O5S2. The zero-order valence-corrected chi connectivity index (χ0v) is 20.0. The van der Waals surface area contributed by atoms with Gasteiger partial charge < -0.3 is 27.2 Å². The first-order chi connectivity index (χ1) is 16.7. The van der Waals surface area contributed by atoms with Crippen LogP contribution in [0.25, 0.3) is 0 Å². The number of aromatic nitrogens is 3. The number of carboxylic acid groups (broad SMARTS) is 1. The Labute approximate surface area is 207 Å². The minimum absolute atomic E-state index is 0.0779. The van der Waals surface area contributed by atoms with Crippen LogP contribution in [0, 0.1) is 6.92 Å². The number of H-pyrrole nitrogens is 1. The number of anilines is 1. The van der Waals surface area contributed by atoms with Gasteiger partial charge in [0.25, 0.3) is 5.91 Å². The number of hydrogen-bond acceptors (Lipinski definition) is 9. The van der Waals surface area contributed by atoms with Crippen LogP contribution < -0.4 is 22.1 Å². The van der Waals surface area contributed by atoms with Gasteiger partial charge in [-0.3, -0.25) is 19.6 Å². The number of aliphatic carboxylic acids is 1. The molecule has 8 N–H and O–H groups in total. The number of carbonyl (C=O) groups is 4. The second-order valence-electron chi connectivity index (χ2n) is 7.73. The minimum atomic E-state index is -1.21. The van der Waals surface area contributed by atoms with E-state index in [4.69, 9.17) is 11.5 Å². The Morgan fingerprint density at radius 3 is 2.66 bits per heavy atom. The van der Waals surface area contributed by atoms with E-state index in [1.54, 1.807) is 31.2 Å². The highest BCUT2D eigenvalue weighted by atomic mass is 32.2. The molecule has 2 aromatic rings. The van der Waals surface area contributed by atoms with E-state index in [0.29, 0.717) is 39.3 Å². The number of β-lactam (4-membered cyclic amide) rings is 1. The normalized spacial score (nSPS) is 20.1. The molecule has 3 atom stereocenters. The smallest absolute Gasteiger partial charge is 0.352 e. The quantitative estimate of drug-likeness (QED) is 0.205. The summed E-state index contributed by atoms with van der Waals surface area (Å²) in [5, 5.41) is 21.5. The number of nitrogens with one attached hydrogen (secondary N) is 3. The molecule has 0 spiro atoms. The van der Waals surface area contributed by atoms with Gasteiger partial charge in [0.1, 0.15) is 29.0 Å². The summed E-state index contributed by atoms with van der Waals surface area (Å²) < 4.78 is 0. The summed E-state index contributed by atoms with van der Waals surface area (Å²) in [6.07, 6.45) is 0. The highest BCUT2D eigenvalue weighted by Crippen LogP contribution is 2.41. The zero-order valence-electron chi connectivity index (χ0n) is 18.3. The molecule has 13 nitrogen and oxygen atoms in total. The molecule has 0 bridgehead atoms. The van der Waals surface area contributed by atoms with Crippen molar-refractivity contribution < 1.29 is 24.3 Å². The van der Waals surface area contributed by atoms with Crippen molar-refractivity contribution in [1.82, 2.24) is 25.4 Å². The van der Waals surface area contributed by atoms with Gasteiger partial charge in [-0.2, -0.15) is 0 Å². The van der Waals surface area contributed by atoms with Gasteiger partial charge in [-0.05, 0) is 30.2 Å². The molecule has 1 aromatic carbocycles. The van der Waals surface area contributed by atoms with Gasteiger partial charge in [-0.25, -0.2) is 14.6 Å². The van der Waals surface area contributed by atoms with E-state index in [-0.39, 0.29) is 5.70 Å². The van der Waals surface area contributed by atoms with Gasteiger partial charge in [-0.15, -0.1) is 16.9 Å². The summed E-state index contributed by atoms with van der Waals surface area (Å²) in [4.78, 5) is 53.9. The Kier molecular flexibility index (Phi) is 7.00. The molecule has 0 saturated carbocycles. The molecule has 2 aliphatic heterocycles. The van der Waals surface area contributed by atoms with Gasteiger partial charge in [0.05, 0.1) is 0 Å². The average molecular weight is 519 g/mol. The minimum Gasteiger partial charge on any atom is -0.477 e. The molecule has 0 aliphatic carbocycles. The number of fused-ring (bicyclic) bond motifs is 1. The van der Waals surface area contributed by atoms with Crippen LogP contribution in [-0.4, -0.2) is 71.9 Å². The van der Waals surface area contributed by atoms with E-state index in [9.17, 15) is 24.3 Å². The Morgan fingerprint density at radius 1 is 1.34 bits per heavy atom. The van der Waals surface area contributed by atoms with Crippen LogP contribution in [0.3, 0.4) is 0 Å². The molecule has 184 valence electrons. The fourth-order valence-electron chi connectivity index (χ4n) is 3.64. The van der Waals surface area contributed by atoms with Crippen LogP contribution in [-0.2, 0) is 14.4 Å².